The van der Waals surface area contributed by atoms with Gasteiger partial charge in [0.05, 0.1) is 28.1 Å². The first kappa shape index (κ1) is 26.9. The molecule has 0 radical (unpaired) electrons. The van der Waals surface area contributed by atoms with Crippen LogP contribution in [-0.2, 0) is 0 Å². The van der Waals surface area contributed by atoms with Crippen LogP contribution in [0.3, 0.4) is 0 Å². The third-order valence-electron chi connectivity index (χ3n) is 8.03. The molecule has 1 atom stereocenters. The van der Waals surface area contributed by atoms with Gasteiger partial charge in [-0.3, -0.25) is 14.2 Å². The normalized spacial score (nSPS) is 12.0. The first-order valence-corrected chi connectivity index (χ1v) is 14.0. The number of para-hydroxylation sites is 3. The number of halogens is 1. The third-order valence-corrected chi connectivity index (χ3v) is 8.03. The molecule has 0 spiro atoms. The summed E-state index contributed by atoms with van der Waals surface area (Å²) in [6.07, 6.45) is 0. The maximum Gasteiger partial charge on any atom is 0.263 e. The van der Waals surface area contributed by atoms with Crippen LogP contribution >= 0.6 is 0 Å². The summed E-state index contributed by atoms with van der Waals surface area (Å²) < 4.78 is 15.6. The van der Waals surface area contributed by atoms with Gasteiger partial charge < -0.3 is 15.2 Å². The maximum absolute atomic E-state index is 14.5. The van der Waals surface area contributed by atoms with Crippen LogP contribution < -0.4 is 11.1 Å². The van der Waals surface area contributed by atoms with Gasteiger partial charge in [-0.15, -0.1) is 0 Å². The van der Waals surface area contributed by atoms with E-state index in [4.69, 9.17) is 0 Å². The van der Waals surface area contributed by atoms with Crippen molar-refractivity contribution in [3.8, 4) is 28.3 Å². The molecule has 2 heterocycles. The zero-order valence-electron chi connectivity index (χ0n) is 23.2. The van der Waals surface area contributed by atoms with Crippen molar-refractivity contribution < 1.29 is 14.6 Å². The summed E-state index contributed by atoms with van der Waals surface area (Å²) >= 11 is 0. The molecule has 0 unspecified atom stereocenters. The van der Waals surface area contributed by atoms with Gasteiger partial charge in [-0.1, -0.05) is 84.9 Å². The highest BCUT2D eigenvalue weighted by molar-refractivity contribution is 5.97. The Hall–Kier alpha value is -5.95. The number of pyridine rings is 2. The van der Waals surface area contributed by atoms with Crippen LogP contribution in [0.25, 0.3) is 38.6 Å². The number of fused-ring (bicyclic) bond motifs is 2. The first-order valence-electron chi connectivity index (χ1n) is 14.0. The van der Waals surface area contributed by atoms with Crippen molar-refractivity contribution >= 4 is 21.8 Å². The quantitative estimate of drug-likeness (QED) is 0.200. The molecule has 0 aliphatic carbocycles. The average molecular weight is 581 g/mol. The standard InChI is InChI=1S/C37H25FN2O4/c38-24-20-18-23(19-21-24)30(31-35(42)28-16-9-15-26(33(28)39-36(31)43)22-10-3-1-4-11-22)32-34(41)27-14-7-8-17-29(27)40(37(32)44)25-12-5-2-6-13-25/h1-21,30,41H,(H2,39,42,43)/t30-/m1/s1. The number of H-pyrrole nitrogens is 1. The zero-order chi connectivity index (χ0) is 30.4. The molecule has 0 fully saturated rings. The van der Waals surface area contributed by atoms with E-state index in [1.165, 1.54) is 28.8 Å². The minimum atomic E-state index is -1.25. The van der Waals surface area contributed by atoms with Crippen LogP contribution in [0.5, 0.6) is 11.5 Å². The van der Waals surface area contributed by atoms with Crippen molar-refractivity contribution in [2.24, 2.45) is 0 Å². The largest absolute Gasteiger partial charge is 0.507 e. The van der Waals surface area contributed by atoms with Gasteiger partial charge in [-0.05, 0) is 53.6 Å². The van der Waals surface area contributed by atoms with E-state index in [1.807, 2.05) is 42.5 Å². The Kier molecular flexibility index (Phi) is 6.55. The summed E-state index contributed by atoms with van der Waals surface area (Å²) in [6, 6.07) is 36.0. The van der Waals surface area contributed by atoms with Crippen LogP contribution in [0.15, 0.2) is 137 Å². The Morgan fingerprint density at radius 3 is 1.98 bits per heavy atom. The smallest absolute Gasteiger partial charge is 0.263 e. The van der Waals surface area contributed by atoms with E-state index in [1.54, 1.807) is 60.7 Å². The van der Waals surface area contributed by atoms with Gasteiger partial charge in [0.15, 0.2) is 0 Å². The molecule has 0 aliphatic heterocycles. The molecule has 0 amide bonds. The van der Waals surface area contributed by atoms with Gasteiger partial charge >= 0.3 is 0 Å². The second-order valence-electron chi connectivity index (χ2n) is 10.6. The lowest BCUT2D eigenvalue weighted by Gasteiger charge is -2.23. The fourth-order valence-corrected chi connectivity index (χ4v) is 6.02. The molecule has 0 saturated heterocycles. The second kappa shape index (κ2) is 10.7. The molecule has 7 rings (SSSR count). The zero-order valence-corrected chi connectivity index (χ0v) is 23.2. The Bertz CT molecular complexity index is 2290. The van der Waals surface area contributed by atoms with E-state index in [9.17, 15) is 24.2 Å². The van der Waals surface area contributed by atoms with Crippen molar-refractivity contribution in [2.75, 3.05) is 0 Å². The lowest BCUT2D eigenvalue weighted by atomic mass is 9.83. The molecule has 44 heavy (non-hydrogen) atoms. The van der Waals surface area contributed by atoms with Gasteiger partial charge in [0, 0.05) is 22.0 Å². The molecule has 214 valence electrons. The van der Waals surface area contributed by atoms with E-state index in [0.717, 1.165) is 5.56 Å². The average Bonchev–Trinajstić information content (AvgIpc) is 3.05. The monoisotopic (exact) mass is 580 g/mol. The van der Waals surface area contributed by atoms with Crippen molar-refractivity contribution in [2.45, 2.75) is 5.92 Å². The summed E-state index contributed by atoms with van der Waals surface area (Å²) in [5.74, 6) is -2.43. The van der Waals surface area contributed by atoms with E-state index in [-0.39, 0.29) is 22.6 Å². The van der Waals surface area contributed by atoms with Gasteiger partial charge in [-0.25, -0.2) is 4.39 Å². The number of aromatic nitrogens is 2. The highest BCUT2D eigenvalue weighted by Gasteiger charge is 2.32. The fourth-order valence-electron chi connectivity index (χ4n) is 6.02. The minimum Gasteiger partial charge on any atom is -0.507 e. The molecule has 6 nitrogen and oxygen atoms in total. The third kappa shape index (κ3) is 4.34. The van der Waals surface area contributed by atoms with Crippen LogP contribution in [-0.4, -0.2) is 19.8 Å². The van der Waals surface area contributed by atoms with Crippen LogP contribution in [0.2, 0.25) is 0 Å². The Balaban J connectivity index is 1.59. The number of nitrogens with zero attached hydrogens (tertiary/aromatic N) is 1. The number of hydrogen-bond donors (Lipinski definition) is 3. The van der Waals surface area contributed by atoms with Crippen LogP contribution in [0, 0.1) is 5.82 Å². The first-order chi connectivity index (χ1) is 21.4. The molecule has 5 aromatic carbocycles. The molecule has 0 bridgehead atoms. The predicted molar refractivity (Wildman–Crippen MR) is 170 cm³/mol. The van der Waals surface area contributed by atoms with Crippen molar-refractivity contribution in [1.82, 2.24) is 9.55 Å². The second-order valence-corrected chi connectivity index (χ2v) is 10.6. The van der Waals surface area contributed by atoms with E-state index >= 15 is 0 Å². The Labute approximate surface area is 250 Å². The number of rotatable bonds is 5. The van der Waals surface area contributed by atoms with E-state index in [2.05, 4.69) is 4.98 Å². The highest BCUT2D eigenvalue weighted by atomic mass is 19.1. The summed E-state index contributed by atoms with van der Waals surface area (Å²) in [6.45, 7) is 0. The molecule has 7 aromatic rings. The highest BCUT2D eigenvalue weighted by Crippen LogP contribution is 2.43. The number of hydrogen-bond acceptors (Lipinski definition) is 4. The summed E-state index contributed by atoms with van der Waals surface area (Å²) in [5, 5.41) is 24.3. The fraction of sp³-hybridized carbons (Fsp3) is 0.0270. The van der Waals surface area contributed by atoms with Crippen molar-refractivity contribution in [1.29, 1.82) is 0 Å². The number of aromatic amines is 1. The van der Waals surface area contributed by atoms with Crippen molar-refractivity contribution in [3.63, 3.8) is 0 Å². The Morgan fingerprint density at radius 1 is 0.636 bits per heavy atom. The molecule has 0 saturated carbocycles. The van der Waals surface area contributed by atoms with Gasteiger partial charge in [0.1, 0.15) is 17.3 Å². The van der Waals surface area contributed by atoms with E-state index < -0.39 is 22.9 Å². The number of aromatic hydroxyl groups is 2. The Morgan fingerprint density at radius 2 is 1.25 bits per heavy atom. The molecular weight excluding hydrogens is 555 g/mol. The molecule has 0 aliphatic rings. The summed E-state index contributed by atoms with van der Waals surface area (Å²) in [5.41, 5.74) is 1.83. The molecule has 7 heteroatoms. The van der Waals surface area contributed by atoms with Gasteiger partial charge in [0.2, 0.25) is 0 Å². The van der Waals surface area contributed by atoms with Gasteiger partial charge in [0.25, 0.3) is 11.1 Å². The van der Waals surface area contributed by atoms with Gasteiger partial charge in [-0.2, -0.15) is 0 Å². The lowest BCUT2D eigenvalue weighted by molar-refractivity contribution is 0.462. The molecule has 2 aromatic heterocycles. The number of nitrogens with one attached hydrogen (secondary N) is 1. The molecule has 3 N–H and O–H groups in total. The van der Waals surface area contributed by atoms with Crippen LogP contribution in [0.1, 0.15) is 22.6 Å². The summed E-state index contributed by atoms with van der Waals surface area (Å²) in [7, 11) is 0. The minimum absolute atomic E-state index is 0.126. The summed E-state index contributed by atoms with van der Waals surface area (Å²) in [4.78, 5) is 31.5. The van der Waals surface area contributed by atoms with Crippen molar-refractivity contribution in [3.05, 3.63) is 171 Å². The SMILES string of the molecule is O=c1[nH]c2c(-c3ccccc3)cccc2c(O)c1[C@@H](c1ccc(F)cc1)c1c(O)c2ccccc2n(-c2ccccc2)c1=O. The lowest BCUT2D eigenvalue weighted by Crippen LogP contribution is -2.28. The predicted octanol–water partition coefficient (Wildman–Crippen LogP) is 7.23. The van der Waals surface area contributed by atoms with Crippen LogP contribution in [0.4, 0.5) is 4.39 Å². The number of benzene rings is 5. The molecular formula is C37H25FN2O4. The van der Waals surface area contributed by atoms with E-state index in [0.29, 0.717) is 38.6 Å². The maximum atomic E-state index is 14.5. The topological polar surface area (TPSA) is 95.3 Å².